The number of carbonyl (C=O) groups excluding carboxylic acids is 2. The zero-order valence-corrected chi connectivity index (χ0v) is 19.4. The first-order chi connectivity index (χ1) is 14.2. The molecule has 0 aromatic heterocycles. The number of amides is 2. The number of nitrogens with zero attached hydrogens (tertiary/aromatic N) is 1. The Morgan fingerprint density at radius 3 is 2.40 bits per heavy atom. The minimum Gasteiger partial charge on any atom is -0.484 e. The molecule has 2 rings (SSSR count). The van der Waals surface area contributed by atoms with Gasteiger partial charge in [0.05, 0.1) is 10.0 Å². The van der Waals surface area contributed by atoms with Crippen LogP contribution in [0.25, 0.3) is 0 Å². The monoisotopic (exact) mass is 470 g/mol. The van der Waals surface area contributed by atoms with Gasteiger partial charge in [-0.1, -0.05) is 60.8 Å². The second-order valence-corrected chi connectivity index (χ2v) is 8.58. The predicted octanol–water partition coefficient (Wildman–Crippen LogP) is 5.22. The summed E-state index contributed by atoms with van der Waals surface area (Å²) in [5.41, 5.74) is 0.754. The van der Waals surface area contributed by atoms with Gasteiger partial charge in [0.1, 0.15) is 11.8 Å². The smallest absolute Gasteiger partial charge is 0.261 e. The van der Waals surface area contributed by atoms with E-state index in [4.69, 9.17) is 39.5 Å². The zero-order chi connectivity index (χ0) is 22.3. The summed E-state index contributed by atoms with van der Waals surface area (Å²) in [6, 6.07) is 11.2. The van der Waals surface area contributed by atoms with Gasteiger partial charge in [-0.05, 0) is 48.7 Å². The van der Waals surface area contributed by atoms with E-state index in [1.54, 1.807) is 49.4 Å². The molecule has 0 radical (unpaired) electrons. The molecule has 8 heteroatoms. The Hall–Kier alpha value is -1.95. The number of halogens is 3. The van der Waals surface area contributed by atoms with Crippen molar-refractivity contribution in [2.45, 2.75) is 33.4 Å². The molecule has 0 bridgehead atoms. The molecule has 0 unspecified atom stereocenters. The standard InChI is InChI=1S/C22H25Cl3N2O3/c1-14(2)11-26-22(29)15(3)27(12-16-7-8-19(24)20(25)9-16)21(28)13-30-18-6-4-5-17(23)10-18/h4-10,14-15H,11-13H2,1-3H3,(H,26,29)/t15-/m0/s1. The minimum absolute atomic E-state index is 0.185. The topological polar surface area (TPSA) is 58.6 Å². The summed E-state index contributed by atoms with van der Waals surface area (Å²) in [4.78, 5) is 27.0. The molecular formula is C22H25Cl3N2O3. The normalized spacial score (nSPS) is 11.8. The maximum absolute atomic E-state index is 13.0. The van der Waals surface area contributed by atoms with Crippen molar-refractivity contribution in [3.8, 4) is 5.75 Å². The van der Waals surface area contributed by atoms with Crippen LogP contribution >= 0.6 is 34.8 Å². The van der Waals surface area contributed by atoms with E-state index in [1.807, 2.05) is 13.8 Å². The number of nitrogens with one attached hydrogen (secondary N) is 1. The zero-order valence-electron chi connectivity index (χ0n) is 17.1. The maximum Gasteiger partial charge on any atom is 0.261 e. The van der Waals surface area contributed by atoms with Crippen LogP contribution in [0.4, 0.5) is 0 Å². The molecule has 2 amide bonds. The highest BCUT2D eigenvalue weighted by Gasteiger charge is 2.26. The first-order valence-electron chi connectivity index (χ1n) is 9.57. The molecule has 0 aliphatic rings. The lowest BCUT2D eigenvalue weighted by Gasteiger charge is -2.29. The van der Waals surface area contributed by atoms with Crippen molar-refractivity contribution < 1.29 is 14.3 Å². The molecule has 1 atom stereocenters. The number of hydrogen-bond acceptors (Lipinski definition) is 3. The minimum atomic E-state index is -0.700. The van der Waals surface area contributed by atoms with Crippen LogP contribution in [-0.4, -0.2) is 35.9 Å². The molecule has 0 aliphatic carbocycles. The van der Waals surface area contributed by atoms with Gasteiger partial charge < -0.3 is 15.0 Å². The van der Waals surface area contributed by atoms with E-state index in [0.717, 1.165) is 5.56 Å². The molecule has 30 heavy (non-hydrogen) atoms. The number of rotatable bonds is 9. The molecule has 0 spiro atoms. The first kappa shape index (κ1) is 24.3. The van der Waals surface area contributed by atoms with Crippen molar-refractivity contribution in [2.75, 3.05) is 13.2 Å². The lowest BCUT2D eigenvalue weighted by molar-refractivity contribution is -0.142. The second kappa shape index (κ2) is 11.4. The molecule has 0 saturated heterocycles. The van der Waals surface area contributed by atoms with Crippen LogP contribution in [0.1, 0.15) is 26.3 Å². The van der Waals surface area contributed by atoms with Crippen molar-refractivity contribution in [3.63, 3.8) is 0 Å². The Morgan fingerprint density at radius 2 is 1.77 bits per heavy atom. The van der Waals surface area contributed by atoms with Gasteiger partial charge in [0.15, 0.2) is 6.61 Å². The molecule has 162 valence electrons. The molecule has 5 nitrogen and oxygen atoms in total. The number of benzene rings is 2. The van der Waals surface area contributed by atoms with Crippen LogP contribution in [-0.2, 0) is 16.1 Å². The van der Waals surface area contributed by atoms with Crippen molar-refractivity contribution in [2.24, 2.45) is 5.92 Å². The van der Waals surface area contributed by atoms with E-state index in [2.05, 4.69) is 5.32 Å². The lowest BCUT2D eigenvalue weighted by Crippen LogP contribution is -2.49. The van der Waals surface area contributed by atoms with Gasteiger partial charge >= 0.3 is 0 Å². The van der Waals surface area contributed by atoms with Gasteiger partial charge in [-0.25, -0.2) is 0 Å². The Bertz CT molecular complexity index is 890. The van der Waals surface area contributed by atoms with Crippen molar-refractivity contribution in [3.05, 3.63) is 63.1 Å². The lowest BCUT2D eigenvalue weighted by atomic mass is 10.1. The predicted molar refractivity (Wildman–Crippen MR) is 121 cm³/mol. The average molecular weight is 472 g/mol. The van der Waals surface area contributed by atoms with Crippen molar-refractivity contribution in [1.82, 2.24) is 10.2 Å². The third-order valence-electron chi connectivity index (χ3n) is 4.35. The molecule has 2 aromatic carbocycles. The highest BCUT2D eigenvalue weighted by molar-refractivity contribution is 6.42. The average Bonchev–Trinajstić information content (AvgIpc) is 2.70. The summed E-state index contributed by atoms with van der Waals surface area (Å²) in [5.74, 6) is 0.196. The fourth-order valence-electron chi connectivity index (χ4n) is 2.65. The Kier molecular flexibility index (Phi) is 9.28. The Morgan fingerprint density at radius 1 is 1.03 bits per heavy atom. The van der Waals surface area contributed by atoms with Crippen LogP contribution in [0.2, 0.25) is 15.1 Å². The SMILES string of the molecule is CC(C)CNC(=O)[C@H](C)N(Cc1ccc(Cl)c(Cl)c1)C(=O)COc1cccc(Cl)c1. The van der Waals surface area contributed by atoms with Gasteiger partial charge in [-0.15, -0.1) is 0 Å². The van der Waals surface area contributed by atoms with E-state index in [9.17, 15) is 9.59 Å². The second-order valence-electron chi connectivity index (χ2n) is 7.33. The van der Waals surface area contributed by atoms with Crippen LogP contribution in [0.3, 0.4) is 0 Å². The summed E-state index contributed by atoms with van der Waals surface area (Å²) in [5, 5.41) is 4.18. The van der Waals surface area contributed by atoms with E-state index in [1.165, 1.54) is 4.90 Å². The summed E-state index contributed by atoms with van der Waals surface area (Å²) in [6.45, 7) is 6.17. The van der Waals surface area contributed by atoms with Crippen LogP contribution < -0.4 is 10.1 Å². The number of hydrogen-bond donors (Lipinski definition) is 1. The molecule has 0 aliphatic heterocycles. The molecule has 0 fully saturated rings. The number of ether oxygens (including phenoxy) is 1. The van der Waals surface area contributed by atoms with Gasteiger partial charge in [0, 0.05) is 18.1 Å². The highest BCUT2D eigenvalue weighted by atomic mass is 35.5. The van der Waals surface area contributed by atoms with Crippen molar-refractivity contribution in [1.29, 1.82) is 0 Å². The largest absolute Gasteiger partial charge is 0.484 e. The molecule has 0 heterocycles. The van der Waals surface area contributed by atoms with E-state index in [0.29, 0.717) is 33.3 Å². The third kappa shape index (κ3) is 7.38. The fraction of sp³-hybridized carbons (Fsp3) is 0.364. The summed E-state index contributed by atoms with van der Waals surface area (Å²) in [7, 11) is 0. The fourth-order valence-corrected chi connectivity index (χ4v) is 3.16. The van der Waals surface area contributed by atoms with Gasteiger partial charge in [0.25, 0.3) is 5.91 Å². The molecule has 0 saturated carbocycles. The molecular weight excluding hydrogens is 447 g/mol. The Labute approximate surface area is 192 Å². The van der Waals surface area contributed by atoms with Crippen molar-refractivity contribution >= 4 is 46.6 Å². The summed E-state index contributed by atoms with van der Waals surface area (Å²) >= 11 is 18.1. The van der Waals surface area contributed by atoms with Gasteiger partial charge in [-0.2, -0.15) is 0 Å². The van der Waals surface area contributed by atoms with E-state index < -0.39 is 6.04 Å². The van der Waals surface area contributed by atoms with E-state index >= 15 is 0 Å². The maximum atomic E-state index is 13.0. The number of carbonyl (C=O) groups is 2. The molecule has 2 aromatic rings. The first-order valence-corrected chi connectivity index (χ1v) is 10.7. The quantitative estimate of drug-likeness (QED) is 0.546. The highest BCUT2D eigenvalue weighted by Crippen LogP contribution is 2.24. The van der Waals surface area contributed by atoms with Gasteiger partial charge in [0.2, 0.25) is 5.91 Å². The van der Waals surface area contributed by atoms with Crippen LogP contribution in [0.5, 0.6) is 5.75 Å². The Balaban J connectivity index is 2.16. The third-order valence-corrected chi connectivity index (χ3v) is 5.32. The van der Waals surface area contributed by atoms with Crippen LogP contribution in [0.15, 0.2) is 42.5 Å². The summed E-state index contributed by atoms with van der Waals surface area (Å²) < 4.78 is 5.58. The van der Waals surface area contributed by atoms with Crippen LogP contribution in [0, 0.1) is 5.92 Å². The van der Waals surface area contributed by atoms with Gasteiger partial charge in [-0.3, -0.25) is 9.59 Å². The molecule has 1 N–H and O–H groups in total. The summed E-state index contributed by atoms with van der Waals surface area (Å²) in [6.07, 6.45) is 0. The van der Waals surface area contributed by atoms with E-state index in [-0.39, 0.29) is 25.0 Å².